The fourth-order valence-corrected chi connectivity index (χ4v) is 0.985. The highest BCUT2D eigenvalue weighted by Gasteiger charge is 2.15. The number of hydrogen-bond donors (Lipinski definition) is 2. The Hall–Kier alpha value is -0.870. The minimum absolute atomic E-state index is 0.0403. The van der Waals surface area contributed by atoms with Crippen LogP contribution < -0.4 is 11.1 Å². The lowest BCUT2D eigenvalue weighted by Crippen LogP contribution is -2.39. The summed E-state index contributed by atoms with van der Waals surface area (Å²) in [4.78, 5) is 11.3. The molecule has 0 saturated carbocycles. The van der Waals surface area contributed by atoms with Gasteiger partial charge in [0.15, 0.2) is 0 Å². The van der Waals surface area contributed by atoms with Crippen molar-refractivity contribution in [3.8, 4) is 0 Å². The molecule has 0 aromatic heterocycles. The second kappa shape index (κ2) is 6.58. The second-order valence-electron chi connectivity index (χ2n) is 4.53. The van der Waals surface area contributed by atoms with Crippen LogP contribution in [-0.4, -0.2) is 31.2 Å². The van der Waals surface area contributed by atoms with Crippen LogP contribution in [0.15, 0.2) is 12.2 Å². The third-order valence-corrected chi connectivity index (χ3v) is 1.53. The van der Waals surface area contributed by atoms with Gasteiger partial charge in [-0.2, -0.15) is 0 Å². The van der Waals surface area contributed by atoms with Crippen LogP contribution in [0, 0.1) is 0 Å². The van der Waals surface area contributed by atoms with E-state index in [4.69, 9.17) is 10.5 Å². The average molecular weight is 214 g/mol. The highest BCUT2D eigenvalue weighted by atomic mass is 16.5. The Morgan fingerprint density at radius 1 is 1.53 bits per heavy atom. The maximum absolute atomic E-state index is 11.3. The van der Waals surface area contributed by atoms with Gasteiger partial charge in [0, 0.05) is 18.5 Å². The largest absolute Gasteiger partial charge is 0.375 e. The minimum atomic E-state index is -0.456. The first-order valence-electron chi connectivity index (χ1n) is 5.09. The Kier molecular flexibility index (Phi) is 6.20. The first-order chi connectivity index (χ1) is 6.81. The quantitative estimate of drug-likeness (QED) is 0.487. The molecule has 3 N–H and O–H groups in total. The van der Waals surface area contributed by atoms with Gasteiger partial charge in [-0.25, -0.2) is 0 Å². The maximum Gasteiger partial charge on any atom is 0.221 e. The van der Waals surface area contributed by atoms with E-state index in [1.807, 2.05) is 20.8 Å². The van der Waals surface area contributed by atoms with E-state index in [1.165, 1.54) is 0 Å². The Morgan fingerprint density at radius 3 is 2.60 bits per heavy atom. The van der Waals surface area contributed by atoms with Crippen LogP contribution in [0.25, 0.3) is 0 Å². The van der Waals surface area contributed by atoms with E-state index in [2.05, 4.69) is 11.9 Å². The molecular weight excluding hydrogens is 192 g/mol. The SMILES string of the molecule is C=C(C)COCCNC(=O)CC(C)(C)N. The lowest BCUT2D eigenvalue weighted by atomic mass is 10.0. The van der Waals surface area contributed by atoms with Gasteiger partial charge in [0.05, 0.1) is 13.2 Å². The summed E-state index contributed by atoms with van der Waals surface area (Å²) in [5, 5.41) is 2.74. The van der Waals surface area contributed by atoms with Crippen LogP contribution in [0.5, 0.6) is 0 Å². The number of carbonyl (C=O) groups is 1. The predicted molar refractivity (Wildman–Crippen MR) is 61.5 cm³/mol. The molecule has 0 unspecified atom stereocenters. The van der Waals surface area contributed by atoms with Gasteiger partial charge in [-0.05, 0) is 20.8 Å². The number of carbonyl (C=O) groups excluding carboxylic acids is 1. The van der Waals surface area contributed by atoms with E-state index < -0.39 is 5.54 Å². The van der Waals surface area contributed by atoms with Gasteiger partial charge in [-0.15, -0.1) is 0 Å². The molecule has 0 aliphatic rings. The van der Waals surface area contributed by atoms with Crippen molar-refractivity contribution in [1.82, 2.24) is 5.32 Å². The molecular formula is C11H22N2O2. The smallest absolute Gasteiger partial charge is 0.221 e. The van der Waals surface area contributed by atoms with Gasteiger partial charge < -0.3 is 15.8 Å². The summed E-state index contributed by atoms with van der Waals surface area (Å²) < 4.78 is 5.23. The molecule has 0 rings (SSSR count). The third-order valence-electron chi connectivity index (χ3n) is 1.53. The highest BCUT2D eigenvalue weighted by molar-refractivity contribution is 5.76. The van der Waals surface area contributed by atoms with Crippen molar-refractivity contribution in [3.63, 3.8) is 0 Å². The number of hydrogen-bond acceptors (Lipinski definition) is 3. The number of nitrogens with two attached hydrogens (primary N) is 1. The molecule has 0 spiro atoms. The molecule has 0 heterocycles. The van der Waals surface area contributed by atoms with Crippen LogP contribution in [0.3, 0.4) is 0 Å². The molecule has 0 bridgehead atoms. The normalized spacial score (nSPS) is 11.2. The summed E-state index contributed by atoms with van der Waals surface area (Å²) in [5.41, 5.74) is 6.22. The Balaban J connectivity index is 3.44. The van der Waals surface area contributed by atoms with E-state index >= 15 is 0 Å². The Bertz CT molecular complexity index is 219. The molecule has 0 radical (unpaired) electrons. The van der Waals surface area contributed by atoms with Crippen molar-refractivity contribution in [1.29, 1.82) is 0 Å². The van der Waals surface area contributed by atoms with Crippen LogP contribution >= 0.6 is 0 Å². The third kappa shape index (κ3) is 11.1. The van der Waals surface area contributed by atoms with Gasteiger partial charge in [0.1, 0.15) is 0 Å². The van der Waals surface area contributed by atoms with Crippen LogP contribution in [0.2, 0.25) is 0 Å². The van der Waals surface area contributed by atoms with E-state index in [9.17, 15) is 4.79 Å². The molecule has 88 valence electrons. The van der Waals surface area contributed by atoms with Crippen molar-refractivity contribution in [2.75, 3.05) is 19.8 Å². The fraction of sp³-hybridized carbons (Fsp3) is 0.727. The molecule has 0 atom stereocenters. The van der Waals surface area contributed by atoms with Gasteiger partial charge in [-0.1, -0.05) is 12.2 Å². The topological polar surface area (TPSA) is 64.3 Å². The summed E-state index contributed by atoms with van der Waals surface area (Å²) >= 11 is 0. The van der Waals surface area contributed by atoms with Gasteiger partial charge in [0.25, 0.3) is 0 Å². The monoisotopic (exact) mass is 214 g/mol. The molecule has 4 heteroatoms. The van der Waals surface area contributed by atoms with Crippen molar-refractivity contribution in [2.45, 2.75) is 32.7 Å². The first kappa shape index (κ1) is 14.1. The molecule has 0 aromatic carbocycles. The van der Waals surface area contributed by atoms with Gasteiger partial charge in [0.2, 0.25) is 5.91 Å². The molecule has 1 amide bonds. The summed E-state index contributed by atoms with van der Waals surface area (Å²) in [6, 6.07) is 0. The molecule has 0 aromatic rings. The van der Waals surface area contributed by atoms with E-state index in [1.54, 1.807) is 0 Å². The highest BCUT2D eigenvalue weighted by Crippen LogP contribution is 2.02. The van der Waals surface area contributed by atoms with Crippen molar-refractivity contribution in [3.05, 3.63) is 12.2 Å². The van der Waals surface area contributed by atoms with E-state index in [0.717, 1.165) is 5.57 Å². The van der Waals surface area contributed by atoms with Gasteiger partial charge in [-0.3, -0.25) is 4.79 Å². The fourth-order valence-electron chi connectivity index (χ4n) is 0.985. The lowest BCUT2D eigenvalue weighted by molar-refractivity contribution is -0.122. The van der Waals surface area contributed by atoms with Crippen molar-refractivity contribution < 1.29 is 9.53 Å². The molecule has 0 aliphatic carbocycles. The van der Waals surface area contributed by atoms with Crippen LogP contribution in [0.4, 0.5) is 0 Å². The summed E-state index contributed by atoms with van der Waals surface area (Å²) in [5.74, 6) is -0.0403. The first-order valence-corrected chi connectivity index (χ1v) is 5.09. The van der Waals surface area contributed by atoms with E-state index in [0.29, 0.717) is 26.2 Å². The Labute approximate surface area is 91.9 Å². The molecule has 15 heavy (non-hydrogen) atoms. The number of nitrogens with one attached hydrogen (secondary N) is 1. The standard InChI is InChI=1S/C11H22N2O2/c1-9(2)8-15-6-5-13-10(14)7-11(3,4)12/h1,5-8,12H2,2-4H3,(H,13,14). The number of rotatable bonds is 7. The van der Waals surface area contributed by atoms with E-state index in [-0.39, 0.29) is 5.91 Å². The lowest BCUT2D eigenvalue weighted by Gasteiger charge is -2.17. The van der Waals surface area contributed by atoms with Crippen LogP contribution in [-0.2, 0) is 9.53 Å². The summed E-state index contributed by atoms with van der Waals surface area (Å²) in [6.07, 6.45) is 0.327. The Morgan fingerprint density at radius 2 is 2.13 bits per heavy atom. The number of ether oxygens (including phenoxy) is 1. The summed E-state index contributed by atoms with van der Waals surface area (Å²) in [6.45, 7) is 10.8. The van der Waals surface area contributed by atoms with Crippen molar-refractivity contribution in [2.24, 2.45) is 5.73 Å². The zero-order valence-electron chi connectivity index (χ0n) is 9.93. The number of amides is 1. The zero-order valence-corrected chi connectivity index (χ0v) is 9.93. The van der Waals surface area contributed by atoms with Crippen LogP contribution in [0.1, 0.15) is 27.2 Å². The molecule has 0 fully saturated rings. The minimum Gasteiger partial charge on any atom is -0.375 e. The second-order valence-corrected chi connectivity index (χ2v) is 4.53. The molecule has 0 saturated heterocycles. The predicted octanol–water partition coefficient (Wildman–Crippen LogP) is 0.823. The molecule has 4 nitrogen and oxygen atoms in total. The maximum atomic E-state index is 11.3. The van der Waals surface area contributed by atoms with Gasteiger partial charge >= 0.3 is 0 Å². The zero-order chi connectivity index (χ0) is 11.9. The average Bonchev–Trinajstić information content (AvgIpc) is 1.99. The summed E-state index contributed by atoms with van der Waals surface area (Å²) in [7, 11) is 0. The molecule has 0 aliphatic heterocycles. The van der Waals surface area contributed by atoms with Crippen molar-refractivity contribution >= 4 is 5.91 Å².